The molecule has 0 aromatic rings. The maximum Gasteiger partial charge on any atom is 0.00843 e. The van der Waals surface area contributed by atoms with Gasteiger partial charge in [-0.1, -0.05) is 47.6 Å². The zero-order valence-corrected chi connectivity index (χ0v) is 15.9. The van der Waals surface area contributed by atoms with E-state index in [4.69, 9.17) is 0 Å². The molecule has 0 fully saturated rings. The van der Waals surface area contributed by atoms with Crippen LogP contribution < -0.4 is 0 Å². The summed E-state index contributed by atoms with van der Waals surface area (Å²) in [7, 11) is 0. The molecule has 0 rings (SSSR count). The van der Waals surface area contributed by atoms with Crippen molar-refractivity contribution in [1.29, 1.82) is 0 Å². The van der Waals surface area contributed by atoms with Crippen LogP contribution in [0.4, 0.5) is 0 Å². The van der Waals surface area contributed by atoms with Crippen LogP contribution >= 0.6 is 11.8 Å². The number of hydrogen-bond acceptors (Lipinski definition) is 1. The van der Waals surface area contributed by atoms with Gasteiger partial charge in [0.25, 0.3) is 0 Å². The summed E-state index contributed by atoms with van der Waals surface area (Å²) in [6.07, 6.45) is 11.8. The van der Waals surface area contributed by atoms with Crippen molar-refractivity contribution in [2.75, 3.05) is 6.26 Å². The molecule has 0 amide bonds. The normalized spacial score (nSPS) is 13.0. The Morgan fingerprint density at radius 3 is 1.95 bits per heavy atom. The summed E-state index contributed by atoms with van der Waals surface area (Å²) in [6.45, 7) is 22.5. The Morgan fingerprint density at radius 1 is 1.00 bits per heavy atom. The van der Waals surface area contributed by atoms with Gasteiger partial charge < -0.3 is 0 Å². The van der Waals surface area contributed by atoms with E-state index in [-0.39, 0.29) is 0 Å². The molecule has 0 aliphatic carbocycles. The highest BCUT2D eigenvalue weighted by Gasteiger charge is 2.17. The predicted molar refractivity (Wildman–Crippen MR) is 107 cm³/mol. The largest absolute Gasteiger partial charge is 0.162 e. The molecule has 0 N–H and O–H groups in total. The van der Waals surface area contributed by atoms with Gasteiger partial charge in [0.2, 0.25) is 0 Å². The minimum absolute atomic E-state index is 0.633. The van der Waals surface area contributed by atoms with Crippen LogP contribution in [-0.2, 0) is 0 Å². The van der Waals surface area contributed by atoms with Gasteiger partial charge in [-0.2, -0.15) is 11.8 Å². The smallest absolute Gasteiger partial charge is 0.00843 e. The van der Waals surface area contributed by atoms with Crippen LogP contribution in [0.2, 0.25) is 0 Å². The van der Waals surface area contributed by atoms with Crippen LogP contribution in [0, 0.1) is 5.92 Å². The van der Waals surface area contributed by atoms with Crippen molar-refractivity contribution in [3.63, 3.8) is 0 Å². The maximum atomic E-state index is 4.25. The Balaban J connectivity index is 4.58. The second kappa shape index (κ2) is 11.6. The Labute approximate surface area is 143 Å². The Kier molecular flexibility index (Phi) is 11.1. The first kappa shape index (κ1) is 21.0. The van der Waals surface area contributed by atoms with Gasteiger partial charge in [-0.3, -0.25) is 0 Å². The first-order valence-electron chi connectivity index (χ1n) is 8.05. The average Bonchev–Trinajstić information content (AvgIpc) is 2.42. The molecule has 0 radical (unpaired) electrons. The lowest BCUT2D eigenvalue weighted by molar-refractivity contribution is 0.467. The van der Waals surface area contributed by atoms with Gasteiger partial charge in [-0.15, -0.1) is 13.2 Å². The van der Waals surface area contributed by atoms with E-state index in [1.807, 2.05) is 17.8 Å². The molecule has 0 nitrogen and oxygen atoms in total. The first-order valence-corrected chi connectivity index (χ1v) is 9.34. The molecule has 0 saturated heterocycles. The molecule has 1 heteroatoms. The van der Waals surface area contributed by atoms with Crippen LogP contribution in [0.15, 0.2) is 60.8 Å². The van der Waals surface area contributed by atoms with E-state index in [0.717, 1.165) is 25.7 Å². The Bertz CT molecular complexity index is 409. The van der Waals surface area contributed by atoms with Gasteiger partial charge in [0.15, 0.2) is 0 Å². The summed E-state index contributed by atoms with van der Waals surface area (Å²) in [6, 6.07) is 0. The van der Waals surface area contributed by atoms with E-state index >= 15 is 0 Å². The molecule has 0 spiro atoms. The highest BCUT2D eigenvalue weighted by atomic mass is 32.2. The summed E-state index contributed by atoms with van der Waals surface area (Å²) in [5.41, 5.74) is 5.08. The number of thioether (sulfide) groups is 1. The zero-order valence-electron chi connectivity index (χ0n) is 15.1. The van der Waals surface area contributed by atoms with E-state index in [1.54, 1.807) is 0 Å². The topological polar surface area (TPSA) is 0 Å². The fourth-order valence-electron chi connectivity index (χ4n) is 2.65. The van der Waals surface area contributed by atoms with Crippen molar-refractivity contribution in [3.05, 3.63) is 60.8 Å². The van der Waals surface area contributed by atoms with Gasteiger partial charge in [0.05, 0.1) is 0 Å². The molecule has 1 unspecified atom stereocenters. The van der Waals surface area contributed by atoms with Crippen molar-refractivity contribution in [2.45, 2.75) is 58.1 Å². The van der Waals surface area contributed by atoms with Crippen molar-refractivity contribution in [1.82, 2.24) is 0 Å². The minimum Gasteiger partial charge on any atom is -0.162 e. The molecule has 0 bridgehead atoms. The molecule has 0 aromatic carbocycles. The molecular weight excluding hydrogens is 284 g/mol. The van der Waals surface area contributed by atoms with Crippen molar-refractivity contribution in [2.24, 2.45) is 5.92 Å². The van der Waals surface area contributed by atoms with E-state index < -0.39 is 0 Å². The van der Waals surface area contributed by atoms with Gasteiger partial charge in [0.1, 0.15) is 0 Å². The van der Waals surface area contributed by atoms with Crippen molar-refractivity contribution in [3.8, 4) is 0 Å². The van der Waals surface area contributed by atoms with Crippen LogP contribution in [-0.4, -0.2) is 11.5 Å². The summed E-state index contributed by atoms with van der Waals surface area (Å²) >= 11 is 1.96. The SMILES string of the molecule is C=C/C(C)=C/CC(=C)CC(CC(CC(=C)C)CC(=C)C)SC. The van der Waals surface area contributed by atoms with Crippen molar-refractivity contribution < 1.29 is 0 Å². The van der Waals surface area contributed by atoms with E-state index in [2.05, 4.69) is 59.4 Å². The van der Waals surface area contributed by atoms with Crippen LogP contribution in [0.1, 0.15) is 52.9 Å². The lowest BCUT2D eigenvalue weighted by Crippen LogP contribution is -2.12. The summed E-state index contributed by atoms with van der Waals surface area (Å²) in [5.74, 6) is 0.658. The molecule has 0 saturated carbocycles. The lowest BCUT2D eigenvalue weighted by Gasteiger charge is -2.23. The highest BCUT2D eigenvalue weighted by molar-refractivity contribution is 7.99. The fourth-order valence-corrected chi connectivity index (χ4v) is 3.52. The molecule has 1 atom stereocenters. The first-order chi connectivity index (χ1) is 10.3. The average molecular weight is 319 g/mol. The van der Waals surface area contributed by atoms with E-state index in [9.17, 15) is 0 Å². The lowest BCUT2D eigenvalue weighted by atomic mass is 9.88. The van der Waals surface area contributed by atoms with Gasteiger partial charge in [0, 0.05) is 5.25 Å². The van der Waals surface area contributed by atoms with Gasteiger partial charge in [-0.05, 0) is 65.0 Å². The number of rotatable bonds is 12. The monoisotopic (exact) mass is 318 g/mol. The van der Waals surface area contributed by atoms with Crippen LogP contribution in [0.5, 0.6) is 0 Å². The molecule has 0 aromatic heterocycles. The summed E-state index contributed by atoms with van der Waals surface area (Å²) in [4.78, 5) is 0. The quantitative estimate of drug-likeness (QED) is 0.272. The van der Waals surface area contributed by atoms with Gasteiger partial charge in [-0.25, -0.2) is 0 Å². The fraction of sp³-hybridized carbons (Fsp3) is 0.524. The molecular formula is C21H34S. The van der Waals surface area contributed by atoms with E-state index in [0.29, 0.717) is 11.2 Å². The third kappa shape index (κ3) is 10.7. The molecule has 0 aliphatic heterocycles. The Hall–Kier alpha value is -0.950. The van der Waals surface area contributed by atoms with Crippen LogP contribution in [0.25, 0.3) is 0 Å². The number of allylic oxidation sites excluding steroid dienone is 6. The minimum atomic E-state index is 0.633. The zero-order chi connectivity index (χ0) is 17.1. The third-order valence-corrected chi connectivity index (χ3v) is 4.78. The molecule has 22 heavy (non-hydrogen) atoms. The van der Waals surface area contributed by atoms with Crippen LogP contribution in [0.3, 0.4) is 0 Å². The molecule has 0 aliphatic rings. The maximum absolute atomic E-state index is 4.25. The second-order valence-corrected chi connectivity index (χ2v) is 7.73. The third-order valence-electron chi connectivity index (χ3n) is 3.75. The van der Waals surface area contributed by atoms with E-state index in [1.165, 1.54) is 28.7 Å². The molecule has 0 heterocycles. The summed E-state index contributed by atoms with van der Waals surface area (Å²) in [5, 5.41) is 0.633. The second-order valence-electron chi connectivity index (χ2n) is 6.59. The predicted octanol–water partition coefficient (Wildman–Crippen LogP) is 7.13. The Morgan fingerprint density at radius 2 is 1.55 bits per heavy atom. The summed E-state index contributed by atoms with van der Waals surface area (Å²) < 4.78 is 0. The molecule has 124 valence electrons. The number of hydrogen-bond donors (Lipinski definition) is 0. The van der Waals surface area contributed by atoms with Gasteiger partial charge >= 0.3 is 0 Å². The van der Waals surface area contributed by atoms with Crippen molar-refractivity contribution >= 4 is 11.8 Å². The standard InChI is InChI=1S/C21H34S/c1-9-18(6)10-11-19(7)14-21(22-8)15-20(12-16(2)3)13-17(4)5/h9-10,20-21H,1-2,4,7,11-15H2,3,5-6,8H3/b18-10+. The highest BCUT2D eigenvalue weighted by Crippen LogP contribution is 2.30.